The van der Waals surface area contributed by atoms with E-state index in [1.807, 2.05) is 0 Å². The van der Waals surface area contributed by atoms with Gasteiger partial charge in [0.05, 0.1) is 0 Å². The zero-order valence-electron chi connectivity index (χ0n) is 11.0. The second-order valence-electron chi connectivity index (χ2n) is 5.53. The Morgan fingerprint density at radius 3 is 2.16 bits per heavy atom. The van der Waals surface area contributed by atoms with Crippen LogP contribution >= 0.6 is 0 Å². The molecule has 0 saturated carbocycles. The summed E-state index contributed by atoms with van der Waals surface area (Å²) in [6.45, 7) is 3.55. The average Bonchev–Trinajstić information content (AvgIpc) is 2.19. The van der Waals surface area contributed by atoms with Gasteiger partial charge in [0.25, 0.3) is 0 Å². The Hall–Kier alpha value is -1.92. The first kappa shape index (κ1) is 15.1. The van der Waals surface area contributed by atoms with E-state index in [1.54, 1.807) is 13.8 Å². The van der Waals surface area contributed by atoms with Crippen molar-refractivity contribution in [2.45, 2.75) is 45.6 Å². The minimum Gasteiger partial charge on any atom is -0.480 e. The minimum absolute atomic E-state index is 0.110. The standard InChI is InChI=1S/C12H18N2O5/c1-12(2)5-9(16)14(10(17)6-12)7(11(18)19)3-4-8(13)15/h7H,3-6H2,1-2H3,(H2,13,15)(H,18,19). The Morgan fingerprint density at radius 2 is 1.79 bits per heavy atom. The number of imide groups is 1. The number of nitrogens with zero attached hydrogens (tertiary/aromatic N) is 1. The van der Waals surface area contributed by atoms with Crippen molar-refractivity contribution >= 4 is 23.7 Å². The smallest absolute Gasteiger partial charge is 0.326 e. The van der Waals surface area contributed by atoms with E-state index in [1.165, 1.54) is 0 Å². The fourth-order valence-corrected chi connectivity index (χ4v) is 2.18. The number of carboxylic acid groups (broad SMARTS) is 1. The highest BCUT2D eigenvalue weighted by Crippen LogP contribution is 2.33. The number of amides is 3. The molecule has 3 amide bonds. The second kappa shape index (κ2) is 5.38. The highest BCUT2D eigenvalue weighted by atomic mass is 16.4. The maximum atomic E-state index is 11.9. The van der Waals surface area contributed by atoms with Crippen LogP contribution in [0.4, 0.5) is 0 Å². The number of likely N-dealkylation sites (tertiary alicyclic amines) is 1. The zero-order valence-corrected chi connectivity index (χ0v) is 11.0. The van der Waals surface area contributed by atoms with Crippen LogP contribution in [0.15, 0.2) is 0 Å². The van der Waals surface area contributed by atoms with E-state index in [2.05, 4.69) is 0 Å². The average molecular weight is 270 g/mol. The number of carbonyl (C=O) groups excluding carboxylic acids is 3. The molecule has 3 N–H and O–H groups in total. The van der Waals surface area contributed by atoms with Gasteiger partial charge in [-0.15, -0.1) is 0 Å². The van der Waals surface area contributed by atoms with Crippen LogP contribution in [0.1, 0.15) is 39.5 Å². The SMILES string of the molecule is CC1(C)CC(=O)N(C(CCC(N)=O)C(=O)O)C(=O)C1. The molecular weight excluding hydrogens is 252 g/mol. The fourth-order valence-electron chi connectivity index (χ4n) is 2.18. The quantitative estimate of drug-likeness (QED) is 0.675. The van der Waals surface area contributed by atoms with Crippen LogP contribution in [0.5, 0.6) is 0 Å². The number of rotatable bonds is 5. The highest BCUT2D eigenvalue weighted by Gasteiger charge is 2.42. The molecule has 1 saturated heterocycles. The lowest BCUT2D eigenvalue weighted by molar-refractivity contribution is -0.164. The molecule has 1 fully saturated rings. The molecule has 1 aliphatic rings. The number of hydrogen-bond acceptors (Lipinski definition) is 4. The fraction of sp³-hybridized carbons (Fsp3) is 0.667. The van der Waals surface area contributed by atoms with Crippen molar-refractivity contribution in [3.63, 3.8) is 0 Å². The molecule has 106 valence electrons. The van der Waals surface area contributed by atoms with Gasteiger partial charge in [0.15, 0.2) is 0 Å². The van der Waals surface area contributed by atoms with Gasteiger partial charge in [-0.05, 0) is 11.8 Å². The minimum atomic E-state index is -1.32. The molecule has 0 aromatic rings. The number of hydrogen-bond donors (Lipinski definition) is 2. The van der Waals surface area contributed by atoms with Gasteiger partial charge in [0.2, 0.25) is 17.7 Å². The zero-order chi connectivity index (χ0) is 14.8. The predicted molar refractivity (Wildman–Crippen MR) is 64.7 cm³/mol. The van der Waals surface area contributed by atoms with Gasteiger partial charge < -0.3 is 10.8 Å². The Balaban J connectivity index is 2.90. The van der Waals surface area contributed by atoms with Crippen molar-refractivity contribution in [1.29, 1.82) is 0 Å². The molecule has 7 nitrogen and oxygen atoms in total. The first-order valence-corrected chi connectivity index (χ1v) is 6.00. The van der Waals surface area contributed by atoms with Gasteiger partial charge >= 0.3 is 5.97 Å². The van der Waals surface area contributed by atoms with E-state index in [4.69, 9.17) is 10.8 Å². The van der Waals surface area contributed by atoms with Gasteiger partial charge in [-0.25, -0.2) is 4.79 Å². The summed E-state index contributed by atoms with van der Waals surface area (Å²) in [7, 11) is 0. The second-order valence-corrected chi connectivity index (χ2v) is 5.53. The Bertz CT molecular complexity index is 410. The largest absolute Gasteiger partial charge is 0.480 e. The summed E-state index contributed by atoms with van der Waals surface area (Å²) in [5.74, 6) is -3.00. The van der Waals surface area contributed by atoms with Gasteiger partial charge in [-0.2, -0.15) is 0 Å². The van der Waals surface area contributed by atoms with Crippen LogP contribution in [0.2, 0.25) is 0 Å². The van der Waals surface area contributed by atoms with Crippen LogP contribution in [-0.4, -0.2) is 39.7 Å². The van der Waals surface area contributed by atoms with Crippen LogP contribution in [0.25, 0.3) is 0 Å². The Labute approximate surface area is 110 Å². The molecule has 1 atom stereocenters. The number of nitrogens with two attached hydrogens (primary N) is 1. The van der Waals surface area contributed by atoms with Crippen molar-refractivity contribution in [2.75, 3.05) is 0 Å². The predicted octanol–water partition coefficient (Wildman–Crippen LogP) is -0.120. The van der Waals surface area contributed by atoms with E-state index in [0.29, 0.717) is 0 Å². The summed E-state index contributed by atoms with van der Waals surface area (Å²) in [4.78, 5) is 46.5. The molecule has 1 rings (SSSR count). The van der Waals surface area contributed by atoms with Crippen LogP contribution in [0, 0.1) is 5.41 Å². The van der Waals surface area contributed by atoms with Crippen LogP contribution < -0.4 is 5.73 Å². The Morgan fingerprint density at radius 1 is 1.32 bits per heavy atom. The Kier molecular flexibility index (Phi) is 4.28. The van der Waals surface area contributed by atoms with E-state index >= 15 is 0 Å². The number of aliphatic carboxylic acids is 1. The molecule has 0 aromatic heterocycles. The van der Waals surface area contributed by atoms with Gasteiger partial charge in [0, 0.05) is 19.3 Å². The highest BCUT2D eigenvalue weighted by molar-refractivity contribution is 6.01. The number of carboxylic acids is 1. The third-order valence-electron chi connectivity index (χ3n) is 3.06. The first-order valence-electron chi connectivity index (χ1n) is 6.00. The number of carbonyl (C=O) groups is 4. The van der Waals surface area contributed by atoms with Gasteiger partial charge in [0.1, 0.15) is 6.04 Å². The third-order valence-corrected chi connectivity index (χ3v) is 3.06. The van der Waals surface area contributed by atoms with Crippen LogP contribution in [0.3, 0.4) is 0 Å². The normalized spacial score (nSPS) is 20.2. The summed E-state index contributed by atoms with van der Waals surface area (Å²) >= 11 is 0. The lowest BCUT2D eigenvalue weighted by atomic mass is 9.81. The lowest BCUT2D eigenvalue weighted by Crippen LogP contribution is -2.54. The molecule has 1 heterocycles. The molecule has 0 bridgehead atoms. The van der Waals surface area contributed by atoms with Crippen molar-refractivity contribution in [2.24, 2.45) is 11.1 Å². The topological polar surface area (TPSA) is 118 Å². The molecule has 0 aliphatic carbocycles. The molecule has 0 spiro atoms. The van der Waals surface area contributed by atoms with Crippen molar-refractivity contribution in [3.05, 3.63) is 0 Å². The molecule has 1 aliphatic heterocycles. The summed E-state index contributed by atoms with van der Waals surface area (Å²) in [6, 6.07) is -1.32. The van der Waals surface area contributed by atoms with E-state index in [0.717, 1.165) is 4.90 Å². The molecule has 19 heavy (non-hydrogen) atoms. The molecule has 0 radical (unpaired) electrons. The van der Waals surface area contributed by atoms with E-state index in [9.17, 15) is 19.2 Å². The first-order chi connectivity index (χ1) is 8.64. The summed E-state index contributed by atoms with van der Waals surface area (Å²) in [6.07, 6.45) is -0.113. The summed E-state index contributed by atoms with van der Waals surface area (Å²) in [5, 5.41) is 9.11. The van der Waals surface area contributed by atoms with E-state index < -0.39 is 35.1 Å². The monoisotopic (exact) mass is 270 g/mol. The molecule has 1 unspecified atom stereocenters. The van der Waals surface area contributed by atoms with Crippen LogP contribution in [-0.2, 0) is 19.2 Å². The lowest BCUT2D eigenvalue weighted by Gasteiger charge is -2.37. The van der Waals surface area contributed by atoms with Crippen molar-refractivity contribution in [3.8, 4) is 0 Å². The molecular formula is C12H18N2O5. The summed E-state index contributed by atoms with van der Waals surface area (Å²) in [5.41, 5.74) is 4.50. The maximum Gasteiger partial charge on any atom is 0.326 e. The van der Waals surface area contributed by atoms with Gasteiger partial charge in [-0.1, -0.05) is 13.8 Å². The van der Waals surface area contributed by atoms with Crippen molar-refractivity contribution < 1.29 is 24.3 Å². The number of piperidine rings is 1. The van der Waals surface area contributed by atoms with Gasteiger partial charge in [-0.3, -0.25) is 19.3 Å². The third kappa shape index (κ3) is 3.77. The number of primary amides is 1. The van der Waals surface area contributed by atoms with Crippen molar-refractivity contribution in [1.82, 2.24) is 4.90 Å². The maximum absolute atomic E-state index is 11.9. The van der Waals surface area contributed by atoms with E-state index in [-0.39, 0.29) is 25.7 Å². The molecule has 0 aromatic carbocycles. The summed E-state index contributed by atoms with van der Waals surface area (Å²) < 4.78 is 0. The molecule has 7 heteroatoms.